The predicted octanol–water partition coefficient (Wildman–Crippen LogP) is 7.66. The first kappa shape index (κ1) is 22.5. The van der Waals surface area contributed by atoms with E-state index in [9.17, 15) is 9.59 Å². The van der Waals surface area contributed by atoms with Crippen molar-refractivity contribution < 1.29 is 9.59 Å². The number of carbonyl (C=O) groups is 2. The fourth-order valence-electron chi connectivity index (χ4n) is 3.14. The van der Waals surface area contributed by atoms with Gasteiger partial charge in [0.25, 0.3) is 0 Å². The fraction of sp³-hybridized carbons (Fsp3) is 0.250. The molecule has 0 aliphatic carbocycles. The van der Waals surface area contributed by atoms with Gasteiger partial charge in [-0.1, -0.05) is 70.5 Å². The number of allylic oxidation sites excluding steroid dienone is 2. The Balaban J connectivity index is 2.46. The lowest BCUT2D eigenvalue weighted by molar-refractivity contribution is 0.102. The van der Waals surface area contributed by atoms with E-state index in [-0.39, 0.29) is 17.5 Å². The van der Waals surface area contributed by atoms with Crippen molar-refractivity contribution in [1.82, 2.24) is 0 Å². The second-order valence-electron chi connectivity index (χ2n) is 7.04. The van der Waals surface area contributed by atoms with E-state index in [1.807, 2.05) is 36.4 Å². The number of Topliss-reactive ketones (excluding diaryl/α,β-unsaturated/α-hetero) is 2. The van der Waals surface area contributed by atoms with Gasteiger partial charge in [-0.2, -0.15) is 0 Å². The average molecular weight is 504 g/mol. The average Bonchev–Trinajstić information content (AvgIpc) is 2.64. The molecule has 0 atom stereocenters. The molecular formula is C24H24Br2O2. The molecule has 4 heteroatoms. The van der Waals surface area contributed by atoms with Crippen LogP contribution in [0.3, 0.4) is 0 Å². The van der Waals surface area contributed by atoms with E-state index in [1.54, 1.807) is 13.8 Å². The summed E-state index contributed by atoms with van der Waals surface area (Å²) in [5, 5.41) is 0. The highest BCUT2D eigenvalue weighted by Crippen LogP contribution is 2.35. The van der Waals surface area contributed by atoms with E-state index in [0.29, 0.717) is 22.3 Å². The molecule has 0 unspecified atom stereocenters. The Morgan fingerprint density at radius 3 is 1.54 bits per heavy atom. The monoisotopic (exact) mass is 502 g/mol. The second-order valence-corrected chi connectivity index (χ2v) is 8.75. The first-order valence-corrected chi connectivity index (χ1v) is 10.7. The molecule has 0 heterocycles. The highest BCUT2D eigenvalue weighted by molar-refractivity contribution is 9.10. The molecule has 2 aromatic carbocycles. The zero-order valence-corrected chi connectivity index (χ0v) is 19.6. The van der Waals surface area contributed by atoms with Gasteiger partial charge in [0.1, 0.15) is 0 Å². The summed E-state index contributed by atoms with van der Waals surface area (Å²) in [6.07, 6.45) is 1.97. The van der Waals surface area contributed by atoms with Crippen molar-refractivity contribution in [3.8, 4) is 0 Å². The van der Waals surface area contributed by atoms with E-state index in [1.165, 1.54) is 0 Å². The lowest BCUT2D eigenvalue weighted by atomic mass is 9.86. The molecule has 146 valence electrons. The van der Waals surface area contributed by atoms with Crippen LogP contribution < -0.4 is 0 Å². The van der Waals surface area contributed by atoms with E-state index in [2.05, 4.69) is 51.9 Å². The molecule has 2 nitrogen and oxygen atoms in total. The van der Waals surface area contributed by atoms with Gasteiger partial charge in [-0.15, -0.1) is 0 Å². The molecule has 2 rings (SSSR count). The van der Waals surface area contributed by atoms with Gasteiger partial charge in [0.2, 0.25) is 0 Å². The van der Waals surface area contributed by atoms with Gasteiger partial charge >= 0.3 is 0 Å². The standard InChI is InChI=1S/C24H24Br2O2/c1-6-7-18(16-8-10-19(21(25)12-16)23(27)14(2)3)17-9-11-20(22(26)13-17)24(28)15(4)5/h8-13,18H,2,4,6-7H2,1,3,5H3. The first-order chi connectivity index (χ1) is 13.2. The molecule has 0 bridgehead atoms. The maximum absolute atomic E-state index is 12.3. The fourth-order valence-corrected chi connectivity index (χ4v) is 4.29. The van der Waals surface area contributed by atoms with E-state index in [4.69, 9.17) is 0 Å². The molecule has 0 aliphatic heterocycles. The molecule has 28 heavy (non-hydrogen) atoms. The van der Waals surface area contributed by atoms with Crippen LogP contribution in [0.1, 0.15) is 71.4 Å². The summed E-state index contributed by atoms with van der Waals surface area (Å²) in [5.41, 5.74) is 4.52. The van der Waals surface area contributed by atoms with Crippen molar-refractivity contribution in [2.75, 3.05) is 0 Å². The molecular weight excluding hydrogens is 480 g/mol. The number of ketones is 2. The van der Waals surface area contributed by atoms with Crippen LogP contribution in [-0.4, -0.2) is 11.6 Å². The Labute approximate surface area is 184 Å². The summed E-state index contributed by atoms with van der Waals surface area (Å²) in [6.45, 7) is 13.1. The SMILES string of the molecule is C=C(C)C(=O)c1ccc(C(CCC)c2ccc(C(=O)C(=C)C)c(Br)c2)cc1Br. The van der Waals surface area contributed by atoms with E-state index < -0.39 is 0 Å². The molecule has 2 aromatic rings. The van der Waals surface area contributed by atoms with Crippen LogP contribution in [0.15, 0.2) is 69.6 Å². The van der Waals surface area contributed by atoms with Gasteiger partial charge in [0, 0.05) is 26.0 Å². The third-order valence-corrected chi connectivity index (χ3v) is 5.95. The summed E-state index contributed by atoms with van der Waals surface area (Å²) >= 11 is 7.09. The number of halogens is 2. The molecule has 0 saturated carbocycles. The second kappa shape index (κ2) is 9.62. The van der Waals surface area contributed by atoms with E-state index >= 15 is 0 Å². The quantitative estimate of drug-likeness (QED) is 0.273. The summed E-state index contributed by atoms with van der Waals surface area (Å²) in [6, 6.07) is 11.7. The molecule has 0 amide bonds. The van der Waals surface area contributed by atoms with Crippen LogP contribution in [-0.2, 0) is 0 Å². The van der Waals surface area contributed by atoms with Gasteiger partial charge in [-0.05, 0) is 66.8 Å². The Morgan fingerprint density at radius 1 is 0.857 bits per heavy atom. The Kier molecular flexibility index (Phi) is 7.73. The van der Waals surface area contributed by atoms with Crippen LogP contribution in [0, 0.1) is 0 Å². The summed E-state index contributed by atoms with van der Waals surface area (Å²) in [4.78, 5) is 24.5. The van der Waals surface area contributed by atoms with Crippen molar-refractivity contribution in [3.63, 3.8) is 0 Å². The maximum Gasteiger partial charge on any atom is 0.189 e. The van der Waals surface area contributed by atoms with Gasteiger partial charge in [0.05, 0.1) is 0 Å². The minimum Gasteiger partial charge on any atom is -0.289 e. The number of benzene rings is 2. The number of carbonyl (C=O) groups excluding carboxylic acids is 2. The van der Waals surface area contributed by atoms with Crippen molar-refractivity contribution in [3.05, 3.63) is 91.9 Å². The third kappa shape index (κ3) is 4.98. The normalized spacial score (nSPS) is 10.8. The topological polar surface area (TPSA) is 34.1 Å². The van der Waals surface area contributed by atoms with Gasteiger partial charge < -0.3 is 0 Å². The van der Waals surface area contributed by atoms with Crippen LogP contribution in [0.4, 0.5) is 0 Å². The molecule has 0 saturated heterocycles. The number of hydrogen-bond acceptors (Lipinski definition) is 2. The molecule has 0 spiro atoms. The smallest absolute Gasteiger partial charge is 0.189 e. The zero-order chi connectivity index (χ0) is 21.0. The Bertz CT molecular complexity index is 882. The maximum atomic E-state index is 12.3. The van der Waals surface area contributed by atoms with Crippen LogP contribution >= 0.6 is 31.9 Å². The molecule has 0 fully saturated rings. The minimum absolute atomic E-state index is 0.0594. The van der Waals surface area contributed by atoms with Crippen molar-refractivity contribution in [1.29, 1.82) is 0 Å². The minimum atomic E-state index is -0.0594. The zero-order valence-electron chi connectivity index (χ0n) is 16.4. The third-order valence-electron chi connectivity index (χ3n) is 4.63. The summed E-state index contributed by atoms with van der Waals surface area (Å²) in [7, 11) is 0. The highest BCUT2D eigenvalue weighted by Gasteiger charge is 2.19. The largest absolute Gasteiger partial charge is 0.289 e. The lowest BCUT2D eigenvalue weighted by Crippen LogP contribution is -2.06. The van der Waals surface area contributed by atoms with Crippen molar-refractivity contribution in [2.24, 2.45) is 0 Å². The van der Waals surface area contributed by atoms with Crippen LogP contribution in [0.2, 0.25) is 0 Å². The number of rotatable bonds is 8. The summed E-state index contributed by atoms with van der Waals surface area (Å²) < 4.78 is 1.54. The van der Waals surface area contributed by atoms with E-state index in [0.717, 1.165) is 32.9 Å². The number of hydrogen-bond donors (Lipinski definition) is 0. The predicted molar refractivity (Wildman–Crippen MR) is 123 cm³/mol. The van der Waals surface area contributed by atoms with Gasteiger partial charge in [-0.3, -0.25) is 9.59 Å². The lowest BCUT2D eigenvalue weighted by Gasteiger charge is -2.19. The van der Waals surface area contributed by atoms with Crippen LogP contribution in [0.5, 0.6) is 0 Å². The molecule has 0 N–H and O–H groups in total. The highest BCUT2D eigenvalue weighted by atomic mass is 79.9. The van der Waals surface area contributed by atoms with Crippen molar-refractivity contribution in [2.45, 2.75) is 39.5 Å². The first-order valence-electron chi connectivity index (χ1n) is 9.16. The molecule has 0 aromatic heterocycles. The van der Waals surface area contributed by atoms with Crippen molar-refractivity contribution >= 4 is 43.4 Å². The Hall–Kier alpha value is -1.78. The molecule has 0 radical (unpaired) electrons. The summed E-state index contributed by atoms with van der Waals surface area (Å²) in [5.74, 6) is 0.0484. The Morgan fingerprint density at radius 2 is 1.25 bits per heavy atom. The van der Waals surface area contributed by atoms with Gasteiger partial charge in [-0.25, -0.2) is 0 Å². The molecule has 0 aliphatic rings. The van der Waals surface area contributed by atoms with Gasteiger partial charge in [0.15, 0.2) is 11.6 Å². The van der Waals surface area contributed by atoms with Crippen LogP contribution in [0.25, 0.3) is 0 Å².